The third-order valence-electron chi connectivity index (χ3n) is 2.44. The second-order valence-corrected chi connectivity index (χ2v) is 3.74. The van der Waals surface area contributed by atoms with Gasteiger partial charge in [0.2, 0.25) is 5.78 Å². The number of ether oxygens (including phenoxy) is 1. The predicted octanol–water partition coefficient (Wildman–Crippen LogP) is 2.04. The number of Topliss-reactive ketones (excluding diaryl/α,β-unsaturated/α-hetero) is 1. The van der Waals surface area contributed by atoms with Crippen LogP contribution in [0.15, 0.2) is 42.6 Å². The lowest BCUT2D eigenvalue weighted by Crippen LogP contribution is -2.00. The molecular formula is C15H11NO3. The summed E-state index contributed by atoms with van der Waals surface area (Å²) >= 11 is 0. The number of hydrogen-bond donors (Lipinski definition) is 1. The summed E-state index contributed by atoms with van der Waals surface area (Å²) in [5, 5.41) is 0. The summed E-state index contributed by atoms with van der Waals surface area (Å²) in [6, 6.07) is 10.6. The number of nitrogens with one attached hydrogen (secondary N) is 1. The molecule has 1 N–H and O–H groups in total. The fraction of sp³-hybridized carbons (Fsp3) is 0.0667. The predicted molar refractivity (Wildman–Crippen MR) is 69.8 cm³/mol. The van der Waals surface area contributed by atoms with Crippen molar-refractivity contribution in [2.75, 3.05) is 7.11 Å². The standard InChI is InChI=1S/C15H11NO3/c1-19-15(18)13-9-12(10-16-13)14(17)8-7-11-5-3-2-4-6-11/h2-6,9-10,16H,1H3. The summed E-state index contributed by atoms with van der Waals surface area (Å²) in [6.45, 7) is 0. The molecule has 0 saturated heterocycles. The Hall–Kier alpha value is -2.80. The largest absolute Gasteiger partial charge is 0.464 e. The van der Waals surface area contributed by atoms with Gasteiger partial charge in [0.25, 0.3) is 0 Å². The van der Waals surface area contributed by atoms with E-state index in [1.807, 2.05) is 30.3 Å². The van der Waals surface area contributed by atoms with E-state index in [0.717, 1.165) is 5.56 Å². The van der Waals surface area contributed by atoms with E-state index in [-0.39, 0.29) is 11.5 Å². The molecule has 0 radical (unpaired) electrons. The lowest BCUT2D eigenvalue weighted by atomic mass is 10.2. The molecule has 4 nitrogen and oxygen atoms in total. The van der Waals surface area contributed by atoms with Crippen molar-refractivity contribution in [2.45, 2.75) is 0 Å². The molecule has 0 aliphatic carbocycles. The number of carbonyl (C=O) groups is 2. The summed E-state index contributed by atoms with van der Waals surface area (Å²) < 4.78 is 4.54. The molecule has 0 fully saturated rings. The second kappa shape index (κ2) is 5.69. The Labute approximate surface area is 110 Å². The van der Waals surface area contributed by atoms with Crippen molar-refractivity contribution >= 4 is 11.8 Å². The molecule has 1 aromatic carbocycles. The summed E-state index contributed by atoms with van der Waals surface area (Å²) in [5.74, 6) is 4.42. The minimum atomic E-state index is -0.518. The number of esters is 1. The third-order valence-corrected chi connectivity index (χ3v) is 2.44. The summed E-state index contributed by atoms with van der Waals surface area (Å²) in [5.41, 5.74) is 1.33. The molecule has 1 aromatic heterocycles. The van der Waals surface area contributed by atoms with Crippen LogP contribution >= 0.6 is 0 Å². The average Bonchev–Trinajstić information content (AvgIpc) is 2.95. The van der Waals surface area contributed by atoms with Gasteiger partial charge in [-0.15, -0.1) is 0 Å². The van der Waals surface area contributed by atoms with Crippen molar-refractivity contribution in [3.05, 3.63) is 59.4 Å². The van der Waals surface area contributed by atoms with Gasteiger partial charge in [0, 0.05) is 17.3 Å². The normalized spacial score (nSPS) is 9.32. The van der Waals surface area contributed by atoms with Crippen molar-refractivity contribution < 1.29 is 14.3 Å². The van der Waals surface area contributed by atoms with Gasteiger partial charge in [0.15, 0.2) is 0 Å². The number of carbonyl (C=O) groups excluding carboxylic acids is 2. The van der Waals surface area contributed by atoms with Crippen LogP contribution < -0.4 is 0 Å². The van der Waals surface area contributed by atoms with Gasteiger partial charge in [0.1, 0.15) is 5.69 Å². The van der Waals surface area contributed by atoms with E-state index in [0.29, 0.717) is 5.56 Å². The molecule has 0 spiro atoms. The summed E-state index contributed by atoms with van der Waals surface area (Å²) in [4.78, 5) is 25.7. The zero-order valence-electron chi connectivity index (χ0n) is 10.3. The average molecular weight is 253 g/mol. The quantitative estimate of drug-likeness (QED) is 0.506. The van der Waals surface area contributed by atoms with Crippen LogP contribution in [0.2, 0.25) is 0 Å². The highest BCUT2D eigenvalue weighted by atomic mass is 16.5. The Morgan fingerprint density at radius 2 is 1.95 bits per heavy atom. The molecular weight excluding hydrogens is 242 g/mol. The van der Waals surface area contributed by atoms with Crippen molar-refractivity contribution in [1.29, 1.82) is 0 Å². The van der Waals surface area contributed by atoms with Crippen LogP contribution in [0.4, 0.5) is 0 Å². The Kier molecular flexibility index (Phi) is 3.79. The number of ketones is 1. The maximum absolute atomic E-state index is 11.8. The van der Waals surface area contributed by atoms with Gasteiger partial charge in [-0.05, 0) is 24.1 Å². The third kappa shape index (κ3) is 3.11. The zero-order chi connectivity index (χ0) is 13.7. The first-order valence-electron chi connectivity index (χ1n) is 5.59. The van der Waals surface area contributed by atoms with Gasteiger partial charge in [-0.1, -0.05) is 24.1 Å². The van der Waals surface area contributed by atoms with Crippen LogP contribution in [-0.2, 0) is 4.74 Å². The van der Waals surface area contributed by atoms with E-state index in [1.165, 1.54) is 19.4 Å². The van der Waals surface area contributed by atoms with Crippen LogP contribution in [0.5, 0.6) is 0 Å². The highest BCUT2D eigenvalue weighted by molar-refractivity contribution is 6.10. The van der Waals surface area contributed by atoms with E-state index < -0.39 is 5.97 Å². The second-order valence-electron chi connectivity index (χ2n) is 3.74. The Morgan fingerprint density at radius 3 is 2.63 bits per heavy atom. The molecule has 19 heavy (non-hydrogen) atoms. The first-order chi connectivity index (χ1) is 9.20. The molecule has 0 saturated carbocycles. The fourth-order valence-corrected chi connectivity index (χ4v) is 1.48. The van der Waals surface area contributed by atoms with E-state index in [4.69, 9.17) is 0 Å². The zero-order valence-corrected chi connectivity index (χ0v) is 10.3. The smallest absolute Gasteiger partial charge is 0.354 e. The van der Waals surface area contributed by atoms with E-state index >= 15 is 0 Å². The Balaban J connectivity index is 2.15. The molecule has 0 atom stereocenters. The molecule has 2 aromatic rings. The monoisotopic (exact) mass is 253 g/mol. The maximum Gasteiger partial charge on any atom is 0.354 e. The molecule has 94 valence electrons. The fourth-order valence-electron chi connectivity index (χ4n) is 1.48. The van der Waals surface area contributed by atoms with Crippen LogP contribution in [0.3, 0.4) is 0 Å². The van der Waals surface area contributed by atoms with Gasteiger partial charge >= 0.3 is 5.97 Å². The first kappa shape index (κ1) is 12.7. The highest BCUT2D eigenvalue weighted by Gasteiger charge is 2.11. The van der Waals surface area contributed by atoms with Crippen LogP contribution in [0.25, 0.3) is 0 Å². The lowest BCUT2D eigenvalue weighted by molar-refractivity contribution is 0.0595. The number of methoxy groups -OCH3 is 1. The molecule has 0 aliphatic heterocycles. The SMILES string of the molecule is COC(=O)c1cc(C(=O)C#Cc2ccccc2)c[nH]1. The topological polar surface area (TPSA) is 59.2 Å². The van der Waals surface area contributed by atoms with Gasteiger partial charge in [0.05, 0.1) is 7.11 Å². The highest BCUT2D eigenvalue weighted by Crippen LogP contribution is 2.05. The number of aromatic amines is 1. The van der Waals surface area contributed by atoms with Gasteiger partial charge in [-0.3, -0.25) is 4.79 Å². The number of hydrogen-bond acceptors (Lipinski definition) is 3. The number of rotatable bonds is 2. The minimum Gasteiger partial charge on any atom is -0.464 e. The van der Waals surface area contributed by atoms with Crippen molar-refractivity contribution in [3.63, 3.8) is 0 Å². The number of H-pyrrole nitrogens is 1. The minimum absolute atomic E-state index is 0.229. The number of aromatic nitrogens is 1. The van der Waals surface area contributed by atoms with E-state index in [9.17, 15) is 9.59 Å². The van der Waals surface area contributed by atoms with Crippen LogP contribution in [0.1, 0.15) is 26.4 Å². The van der Waals surface area contributed by atoms with Gasteiger partial charge in [-0.25, -0.2) is 4.79 Å². The van der Waals surface area contributed by atoms with Crippen LogP contribution in [0, 0.1) is 11.8 Å². The van der Waals surface area contributed by atoms with E-state index in [2.05, 4.69) is 21.6 Å². The van der Waals surface area contributed by atoms with Crippen molar-refractivity contribution in [2.24, 2.45) is 0 Å². The van der Waals surface area contributed by atoms with Gasteiger partial charge in [-0.2, -0.15) is 0 Å². The lowest BCUT2D eigenvalue weighted by Gasteiger charge is -1.91. The summed E-state index contributed by atoms with van der Waals surface area (Å²) in [7, 11) is 1.28. The molecule has 0 bridgehead atoms. The Bertz CT molecular complexity index is 659. The molecule has 4 heteroatoms. The number of benzene rings is 1. The van der Waals surface area contributed by atoms with Crippen molar-refractivity contribution in [1.82, 2.24) is 4.98 Å². The first-order valence-corrected chi connectivity index (χ1v) is 5.59. The molecule has 1 heterocycles. The molecule has 2 rings (SSSR count). The van der Waals surface area contributed by atoms with Gasteiger partial charge < -0.3 is 9.72 Å². The Morgan fingerprint density at radius 1 is 1.21 bits per heavy atom. The van der Waals surface area contributed by atoms with E-state index in [1.54, 1.807) is 0 Å². The van der Waals surface area contributed by atoms with Crippen LogP contribution in [-0.4, -0.2) is 23.8 Å². The summed E-state index contributed by atoms with van der Waals surface area (Å²) in [6.07, 6.45) is 1.44. The molecule has 0 aliphatic rings. The van der Waals surface area contributed by atoms with Crippen molar-refractivity contribution in [3.8, 4) is 11.8 Å². The molecule has 0 unspecified atom stereocenters. The molecule has 0 amide bonds. The maximum atomic E-state index is 11.8.